The van der Waals surface area contributed by atoms with E-state index in [0.717, 1.165) is 75.3 Å². The molecular weight excluding hydrogens is 462 g/mol. The van der Waals surface area contributed by atoms with Crippen molar-refractivity contribution in [3.8, 4) is 11.5 Å². The number of aryl methyl sites for hydroxylation is 1. The molecule has 1 amide bonds. The summed E-state index contributed by atoms with van der Waals surface area (Å²) < 4.78 is 12.0. The molecule has 3 heterocycles. The van der Waals surface area contributed by atoms with Crippen LogP contribution in [0.3, 0.4) is 0 Å². The van der Waals surface area contributed by atoms with E-state index < -0.39 is 0 Å². The predicted molar refractivity (Wildman–Crippen MR) is 145 cm³/mol. The second-order valence-electron chi connectivity index (χ2n) is 10.1. The first kappa shape index (κ1) is 25.3. The molecule has 2 saturated heterocycles. The van der Waals surface area contributed by atoms with Gasteiger partial charge in [0, 0.05) is 51.0 Å². The van der Waals surface area contributed by atoms with Gasteiger partial charge in [-0.05, 0) is 67.5 Å². The van der Waals surface area contributed by atoms with Gasteiger partial charge in [0.1, 0.15) is 24.2 Å². The van der Waals surface area contributed by atoms with Gasteiger partial charge in [-0.15, -0.1) is 0 Å². The lowest BCUT2D eigenvalue weighted by Crippen LogP contribution is -2.50. The Hall–Kier alpha value is -3.38. The average molecular weight is 500 g/mol. The Morgan fingerprint density at radius 3 is 2.19 bits per heavy atom. The van der Waals surface area contributed by atoms with E-state index in [2.05, 4.69) is 39.0 Å². The molecule has 0 unspecified atom stereocenters. The standard InChI is InChI=1S/C31H37N3O3/c35-31(11-8-25-6-9-28(10-7-25)36-24-26-4-2-1-3-5-26)34-20-14-27(15-21-34)33-22-16-30(17-23-33)37-29-12-18-32-19-13-29/h1-7,9-10,12-13,18-19,27,30H,8,11,14-17,20-24H2. The molecule has 0 radical (unpaired) electrons. The Labute approximate surface area is 220 Å². The van der Waals surface area contributed by atoms with Crippen molar-refractivity contribution < 1.29 is 14.3 Å². The third-order valence-corrected chi connectivity index (χ3v) is 7.56. The number of nitrogens with zero attached hydrogens (tertiary/aromatic N) is 3. The highest BCUT2D eigenvalue weighted by Crippen LogP contribution is 2.24. The molecule has 0 N–H and O–H groups in total. The molecule has 194 valence electrons. The van der Waals surface area contributed by atoms with Gasteiger partial charge in [0.05, 0.1) is 0 Å². The van der Waals surface area contributed by atoms with E-state index in [0.29, 0.717) is 19.1 Å². The lowest BCUT2D eigenvalue weighted by Gasteiger charge is -2.41. The van der Waals surface area contributed by atoms with Crippen molar-refractivity contribution in [2.45, 2.75) is 57.3 Å². The Morgan fingerprint density at radius 2 is 1.49 bits per heavy atom. The molecule has 6 heteroatoms. The minimum absolute atomic E-state index is 0.271. The molecular formula is C31H37N3O3. The SMILES string of the molecule is O=C(CCc1ccc(OCc2ccccc2)cc1)N1CCC(N2CCC(Oc3ccncc3)CC2)CC1. The van der Waals surface area contributed by atoms with Crippen LogP contribution in [-0.2, 0) is 17.8 Å². The maximum atomic E-state index is 12.9. The number of hydrogen-bond acceptors (Lipinski definition) is 5. The van der Waals surface area contributed by atoms with Gasteiger partial charge in [-0.2, -0.15) is 0 Å². The summed E-state index contributed by atoms with van der Waals surface area (Å²) in [7, 11) is 0. The van der Waals surface area contributed by atoms with Crippen molar-refractivity contribution in [1.82, 2.24) is 14.8 Å². The number of ether oxygens (including phenoxy) is 2. The van der Waals surface area contributed by atoms with Crippen LogP contribution in [0.15, 0.2) is 79.1 Å². The van der Waals surface area contributed by atoms with Crippen molar-refractivity contribution in [2.24, 2.45) is 0 Å². The van der Waals surface area contributed by atoms with Gasteiger partial charge in [-0.1, -0.05) is 42.5 Å². The van der Waals surface area contributed by atoms with Crippen molar-refractivity contribution >= 4 is 5.91 Å². The first-order valence-corrected chi connectivity index (χ1v) is 13.6. The highest BCUT2D eigenvalue weighted by molar-refractivity contribution is 5.76. The van der Waals surface area contributed by atoms with Crippen LogP contribution < -0.4 is 9.47 Å². The molecule has 1 aromatic heterocycles. The van der Waals surface area contributed by atoms with Crippen LogP contribution in [0.5, 0.6) is 11.5 Å². The van der Waals surface area contributed by atoms with Crippen molar-refractivity contribution in [1.29, 1.82) is 0 Å². The van der Waals surface area contributed by atoms with Gasteiger partial charge in [0.2, 0.25) is 5.91 Å². The number of carbonyl (C=O) groups excluding carboxylic acids is 1. The van der Waals surface area contributed by atoms with E-state index in [-0.39, 0.29) is 12.0 Å². The molecule has 2 aliphatic heterocycles. The number of pyridine rings is 1. The molecule has 0 bridgehead atoms. The fourth-order valence-electron chi connectivity index (χ4n) is 5.35. The maximum Gasteiger partial charge on any atom is 0.222 e. The number of hydrogen-bond donors (Lipinski definition) is 0. The highest BCUT2D eigenvalue weighted by Gasteiger charge is 2.30. The summed E-state index contributed by atoms with van der Waals surface area (Å²) in [5.74, 6) is 2.04. The smallest absolute Gasteiger partial charge is 0.222 e. The Balaban J connectivity index is 0.991. The lowest BCUT2D eigenvalue weighted by molar-refractivity contribution is -0.132. The Morgan fingerprint density at radius 1 is 0.784 bits per heavy atom. The Bertz CT molecular complexity index is 1090. The van der Waals surface area contributed by atoms with E-state index in [1.54, 1.807) is 12.4 Å². The van der Waals surface area contributed by atoms with Gasteiger partial charge in [0.15, 0.2) is 0 Å². The van der Waals surface area contributed by atoms with Crippen molar-refractivity contribution in [3.05, 3.63) is 90.3 Å². The van der Waals surface area contributed by atoms with E-state index in [9.17, 15) is 4.79 Å². The third-order valence-electron chi connectivity index (χ3n) is 7.56. The number of carbonyl (C=O) groups is 1. The molecule has 2 aromatic carbocycles. The summed E-state index contributed by atoms with van der Waals surface area (Å²) in [6.45, 7) is 4.43. The van der Waals surface area contributed by atoms with Gasteiger partial charge < -0.3 is 14.4 Å². The zero-order valence-electron chi connectivity index (χ0n) is 21.5. The lowest BCUT2D eigenvalue weighted by atomic mass is 9.98. The average Bonchev–Trinajstić information content (AvgIpc) is 2.97. The molecule has 5 rings (SSSR count). The van der Waals surface area contributed by atoms with E-state index >= 15 is 0 Å². The number of aromatic nitrogens is 1. The number of likely N-dealkylation sites (tertiary alicyclic amines) is 2. The van der Waals surface area contributed by atoms with Crippen LogP contribution in [0.25, 0.3) is 0 Å². The van der Waals surface area contributed by atoms with Crippen molar-refractivity contribution in [2.75, 3.05) is 26.2 Å². The van der Waals surface area contributed by atoms with E-state index in [1.165, 1.54) is 5.56 Å². The number of rotatable bonds is 9. The summed E-state index contributed by atoms with van der Waals surface area (Å²) in [6, 6.07) is 22.7. The zero-order valence-corrected chi connectivity index (χ0v) is 21.5. The largest absolute Gasteiger partial charge is 0.490 e. The van der Waals surface area contributed by atoms with Gasteiger partial charge in [-0.3, -0.25) is 14.7 Å². The molecule has 6 nitrogen and oxygen atoms in total. The van der Waals surface area contributed by atoms with Gasteiger partial charge >= 0.3 is 0 Å². The monoisotopic (exact) mass is 499 g/mol. The normalized spacial score (nSPS) is 17.5. The number of benzene rings is 2. The summed E-state index contributed by atoms with van der Waals surface area (Å²) >= 11 is 0. The summed E-state index contributed by atoms with van der Waals surface area (Å²) in [6.07, 6.45) is 9.40. The van der Waals surface area contributed by atoms with Crippen LogP contribution in [0.4, 0.5) is 0 Å². The maximum absolute atomic E-state index is 12.9. The molecule has 0 atom stereocenters. The van der Waals surface area contributed by atoms with Crippen LogP contribution in [0, 0.1) is 0 Å². The number of piperidine rings is 2. The van der Waals surface area contributed by atoms with Gasteiger partial charge in [-0.25, -0.2) is 0 Å². The minimum Gasteiger partial charge on any atom is -0.490 e. The predicted octanol–water partition coefficient (Wildman–Crippen LogP) is 5.13. The zero-order chi connectivity index (χ0) is 25.3. The summed E-state index contributed by atoms with van der Waals surface area (Å²) in [5.41, 5.74) is 2.33. The molecule has 2 fully saturated rings. The van der Waals surface area contributed by atoms with E-state index in [1.807, 2.05) is 42.5 Å². The molecule has 0 spiro atoms. The second-order valence-corrected chi connectivity index (χ2v) is 10.1. The van der Waals surface area contributed by atoms with Crippen molar-refractivity contribution in [3.63, 3.8) is 0 Å². The highest BCUT2D eigenvalue weighted by atomic mass is 16.5. The molecule has 0 saturated carbocycles. The quantitative estimate of drug-likeness (QED) is 0.409. The molecule has 37 heavy (non-hydrogen) atoms. The van der Waals surface area contributed by atoms with Crippen LogP contribution in [0.1, 0.15) is 43.2 Å². The van der Waals surface area contributed by atoms with Crippen LogP contribution in [0.2, 0.25) is 0 Å². The summed E-state index contributed by atoms with van der Waals surface area (Å²) in [5, 5.41) is 0. The Kier molecular flexibility index (Phi) is 8.70. The third kappa shape index (κ3) is 7.32. The number of amides is 1. The van der Waals surface area contributed by atoms with Crippen LogP contribution >= 0.6 is 0 Å². The fourth-order valence-corrected chi connectivity index (χ4v) is 5.35. The minimum atomic E-state index is 0.271. The molecule has 2 aliphatic rings. The second kappa shape index (κ2) is 12.7. The fraction of sp³-hybridized carbons (Fsp3) is 0.419. The first-order valence-electron chi connectivity index (χ1n) is 13.6. The summed E-state index contributed by atoms with van der Waals surface area (Å²) in [4.78, 5) is 21.6. The van der Waals surface area contributed by atoms with Crippen LogP contribution in [-0.4, -0.2) is 59.0 Å². The topological polar surface area (TPSA) is 54.9 Å². The molecule has 3 aromatic rings. The first-order chi connectivity index (χ1) is 18.2. The van der Waals surface area contributed by atoms with Gasteiger partial charge in [0.25, 0.3) is 0 Å². The molecule has 0 aliphatic carbocycles. The van der Waals surface area contributed by atoms with E-state index in [4.69, 9.17) is 9.47 Å².